The molecule has 2 aromatic rings. The van der Waals surface area contributed by atoms with Gasteiger partial charge in [-0.25, -0.2) is 19.6 Å². The minimum absolute atomic E-state index is 0.0133. The van der Waals surface area contributed by atoms with Crippen LogP contribution < -0.4 is 14.8 Å². The Morgan fingerprint density at radius 3 is 2.37 bits per heavy atom. The molecular weight excluding hydrogens is 492 g/mol. The largest absolute Gasteiger partial charge is 0.497 e. The smallest absolute Gasteiger partial charge is 0.408 e. The second kappa shape index (κ2) is 11.0. The first kappa shape index (κ1) is 28.9. The molecule has 1 aliphatic rings. The molecule has 0 unspecified atom stereocenters. The van der Waals surface area contributed by atoms with Crippen molar-refractivity contribution in [2.75, 3.05) is 13.7 Å². The topological polar surface area (TPSA) is 140 Å². The van der Waals surface area contributed by atoms with Crippen molar-refractivity contribution >= 4 is 29.0 Å². The van der Waals surface area contributed by atoms with E-state index in [1.165, 1.54) is 4.90 Å². The number of carboxylic acid groups (broad SMARTS) is 1. The second-order valence-electron chi connectivity index (χ2n) is 11.4. The minimum Gasteiger partial charge on any atom is -0.497 e. The number of hydrogen-bond donors (Lipinski definition) is 2. The van der Waals surface area contributed by atoms with Gasteiger partial charge in [0.05, 0.1) is 24.7 Å². The maximum atomic E-state index is 13.7. The molecule has 0 saturated carbocycles. The lowest BCUT2D eigenvalue weighted by Crippen LogP contribution is -2.57. The van der Waals surface area contributed by atoms with Crippen LogP contribution >= 0.6 is 0 Å². The summed E-state index contributed by atoms with van der Waals surface area (Å²) >= 11 is 0. The molecule has 2 heterocycles. The van der Waals surface area contributed by atoms with Crippen LogP contribution in [-0.2, 0) is 20.7 Å². The summed E-state index contributed by atoms with van der Waals surface area (Å²) in [7, 11) is 1.56. The number of benzene rings is 1. The SMILES string of the molecule is CCc1nc2ccc(OC)cc2nc1O[C@@H]1C[C@@H](C(=O)O)N(C(=O)[C@@H](NC(=O)OC(C)(C)C)C(C)(C)C)C1. The Balaban J connectivity index is 1.86. The summed E-state index contributed by atoms with van der Waals surface area (Å²) in [5.41, 5.74) is 0.412. The molecule has 0 aliphatic carbocycles. The van der Waals surface area contributed by atoms with Gasteiger partial charge in [-0.3, -0.25) is 4.79 Å². The number of hydrogen-bond acceptors (Lipinski definition) is 8. The number of carbonyl (C=O) groups is 3. The second-order valence-corrected chi connectivity index (χ2v) is 11.4. The third-order valence-corrected chi connectivity index (χ3v) is 6.12. The van der Waals surface area contributed by atoms with E-state index >= 15 is 0 Å². The van der Waals surface area contributed by atoms with Gasteiger partial charge in [-0.1, -0.05) is 27.7 Å². The molecule has 1 aliphatic heterocycles. The van der Waals surface area contributed by atoms with Crippen LogP contribution in [0.4, 0.5) is 4.79 Å². The third-order valence-electron chi connectivity index (χ3n) is 6.12. The fourth-order valence-corrected chi connectivity index (χ4v) is 4.26. The van der Waals surface area contributed by atoms with Gasteiger partial charge in [0.25, 0.3) is 0 Å². The number of nitrogens with one attached hydrogen (secondary N) is 1. The van der Waals surface area contributed by atoms with Crippen LogP contribution in [0.2, 0.25) is 0 Å². The van der Waals surface area contributed by atoms with Crippen molar-refractivity contribution in [1.82, 2.24) is 20.2 Å². The molecule has 0 spiro atoms. The van der Waals surface area contributed by atoms with Crippen molar-refractivity contribution in [3.05, 3.63) is 23.9 Å². The number of amides is 2. The summed E-state index contributed by atoms with van der Waals surface area (Å²) in [6.07, 6.45) is -0.775. The lowest BCUT2D eigenvalue weighted by atomic mass is 9.85. The van der Waals surface area contributed by atoms with Crippen LogP contribution in [0.15, 0.2) is 18.2 Å². The van der Waals surface area contributed by atoms with Crippen LogP contribution in [0, 0.1) is 5.41 Å². The fraction of sp³-hybridized carbons (Fsp3) is 0.593. The number of alkyl carbamates (subject to hydrolysis) is 1. The van der Waals surface area contributed by atoms with E-state index in [-0.39, 0.29) is 18.8 Å². The molecule has 11 nitrogen and oxygen atoms in total. The van der Waals surface area contributed by atoms with Gasteiger partial charge in [0.1, 0.15) is 35.2 Å². The van der Waals surface area contributed by atoms with Gasteiger partial charge < -0.3 is 29.5 Å². The summed E-state index contributed by atoms with van der Waals surface area (Å²) in [5.74, 6) is -0.765. The van der Waals surface area contributed by atoms with Crippen molar-refractivity contribution in [3.8, 4) is 11.6 Å². The number of carbonyl (C=O) groups excluding carboxylic acids is 2. The van der Waals surface area contributed by atoms with Crippen LogP contribution in [0.1, 0.15) is 60.6 Å². The number of aliphatic carboxylic acids is 1. The van der Waals surface area contributed by atoms with Crippen molar-refractivity contribution in [1.29, 1.82) is 0 Å². The van der Waals surface area contributed by atoms with Crippen molar-refractivity contribution in [2.24, 2.45) is 5.41 Å². The Morgan fingerprint density at radius 1 is 1.13 bits per heavy atom. The maximum absolute atomic E-state index is 13.7. The number of fused-ring (bicyclic) bond motifs is 1. The van der Waals surface area contributed by atoms with Crippen LogP contribution in [0.3, 0.4) is 0 Å². The van der Waals surface area contributed by atoms with Crippen LogP contribution in [-0.4, -0.2) is 75.4 Å². The zero-order valence-corrected chi connectivity index (χ0v) is 23.3. The molecular formula is C27H38N4O7. The van der Waals surface area contributed by atoms with E-state index in [9.17, 15) is 19.5 Å². The molecule has 38 heavy (non-hydrogen) atoms. The monoisotopic (exact) mass is 530 g/mol. The predicted octanol–water partition coefficient (Wildman–Crippen LogP) is 3.57. The molecule has 1 aromatic heterocycles. The molecule has 0 bridgehead atoms. The van der Waals surface area contributed by atoms with Gasteiger partial charge in [-0.05, 0) is 44.7 Å². The lowest BCUT2D eigenvalue weighted by molar-refractivity contribution is -0.150. The third kappa shape index (κ3) is 6.81. The quantitative estimate of drug-likeness (QED) is 0.550. The summed E-state index contributed by atoms with van der Waals surface area (Å²) in [4.78, 5) is 48.9. The number of aryl methyl sites for hydroxylation is 1. The van der Waals surface area contributed by atoms with Crippen LogP contribution in [0.5, 0.6) is 11.6 Å². The number of nitrogens with zero attached hydrogens (tertiary/aromatic N) is 3. The van der Waals surface area contributed by atoms with Crippen molar-refractivity contribution in [3.63, 3.8) is 0 Å². The molecule has 0 radical (unpaired) electrons. The Labute approximate surface area is 222 Å². The first-order valence-corrected chi connectivity index (χ1v) is 12.7. The van der Waals surface area contributed by atoms with E-state index in [2.05, 4.69) is 15.3 Å². The standard InChI is InChI=1S/C27H38N4O7/c1-9-17-22(29-19-12-15(36-8)10-11-18(19)28-17)37-16-13-20(24(33)34)31(14-16)23(32)21(26(2,3)4)30-25(35)38-27(5,6)7/h10-12,16,20-21H,9,13-14H2,1-8H3,(H,30,35)(H,33,34)/t16-,20+,21-/m1/s1. The first-order chi connectivity index (χ1) is 17.6. The molecule has 2 N–H and O–H groups in total. The van der Waals surface area contributed by atoms with E-state index in [0.717, 1.165) is 0 Å². The zero-order valence-electron chi connectivity index (χ0n) is 23.3. The number of carboxylic acids is 1. The number of rotatable bonds is 7. The van der Waals surface area contributed by atoms with E-state index in [4.69, 9.17) is 14.2 Å². The van der Waals surface area contributed by atoms with E-state index in [1.807, 2.05) is 13.0 Å². The summed E-state index contributed by atoms with van der Waals surface area (Å²) < 4.78 is 16.8. The molecule has 1 saturated heterocycles. The number of methoxy groups -OCH3 is 1. The number of aromatic nitrogens is 2. The minimum atomic E-state index is -1.15. The molecule has 1 fully saturated rings. The highest BCUT2D eigenvalue weighted by atomic mass is 16.6. The Hall–Kier alpha value is -3.63. The summed E-state index contributed by atoms with van der Waals surface area (Å²) in [6, 6.07) is 3.21. The van der Waals surface area contributed by atoms with Crippen molar-refractivity contribution < 1.29 is 33.7 Å². The number of likely N-dealkylation sites (tertiary alicyclic amines) is 1. The molecule has 11 heteroatoms. The highest BCUT2D eigenvalue weighted by Gasteiger charge is 2.46. The first-order valence-electron chi connectivity index (χ1n) is 12.7. The molecule has 1 aromatic carbocycles. The molecule has 3 rings (SSSR count). The average Bonchev–Trinajstić information content (AvgIpc) is 3.23. The highest BCUT2D eigenvalue weighted by molar-refractivity contribution is 5.90. The zero-order chi connectivity index (χ0) is 28.4. The van der Waals surface area contributed by atoms with E-state index in [1.54, 1.807) is 60.8 Å². The molecule has 208 valence electrons. The summed E-state index contributed by atoms with van der Waals surface area (Å²) in [6.45, 7) is 12.5. The normalized spacial score (nSPS) is 18.7. The van der Waals surface area contributed by atoms with Gasteiger partial charge in [-0.15, -0.1) is 0 Å². The number of ether oxygens (including phenoxy) is 3. The van der Waals surface area contributed by atoms with Gasteiger partial charge in [0.2, 0.25) is 11.8 Å². The average molecular weight is 531 g/mol. The Kier molecular flexibility index (Phi) is 8.38. The van der Waals surface area contributed by atoms with Crippen LogP contribution in [0.25, 0.3) is 11.0 Å². The van der Waals surface area contributed by atoms with Gasteiger partial charge in [0.15, 0.2) is 0 Å². The van der Waals surface area contributed by atoms with Gasteiger partial charge in [0, 0.05) is 12.5 Å². The predicted molar refractivity (Wildman–Crippen MR) is 140 cm³/mol. The fourth-order valence-electron chi connectivity index (χ4n) is 4.26. The Bertz CT molecular complexity index is 1200. The van der Waals surface area contributed by atoms with E-state index in [0.29, 0.717) is 28.9 Å². The lowest BCUT2D eigenvalue weighted by Gasteiger charge is -2.35. The Morgan fingerprint density at radius 2 is 1.82 bits per heavy atom. The highest BCUT2D eigenvalue weighted by Crippen LogP contribution is 2.30. The maximum Gasteiger partial charge on any atom is 0.408 e. The van der Waals surface area contributed by atoms with Crippen molar-refractivity contribution in [2.45, 2.75) is 85.1 Å². The van der Waals surface area contributed by atoms with E-state index < -0.39 is 47.2 Å². The molecule has 2 amide bonds. The molecule has 3 atom stereocenters. The van der Waals surface area contributed by atoms with Gasteiger partial charge >= 0.3 is 12.1 Å². The van der Waals surface area contributed by atoms with Gasteiger partial charge in [-0.2, -0.15) is 0 Å². The summed E-state index contributed by atoms with van der Waals surface area (Å²) in [5, 5.41) is 12.6.